The highest BCUT2D eigenvalue weighted by atomic mass is 32.1. The number of hydrogen-bond acceptors (Lipinski definition) is 5. The Morgan fingerprint density at radius 1 is 1.11 bits per heavy atom. The van der Waals surface area contributed by atoms with Crippen LogP contribution in [-0.2, 0) is 6.42 Å². The van der Waals surface area contributed by atoms with E-state index in [-0.39, 0.29) is 0 Å². The van der Waals surface area contributed by atoms with E-state index >= 15 is 0 Å². The average molecular weight is 392 g/mol. The van der Waals surface area contributed by atoms with E-state index in [9.17, 15) is 0 Å². The zero-order valence-corrected chi connectivity index (χ0v) is 17.6. The lowest BCUT2D eigenvalue weighted by Crippen LogP contribution is -2.21. The van der Waals surface area contributed by atoms with Crippen LogP contribution < -0.4 is 4.74 Å². The molecule has 5 heteroatoms. The fourth-order valence-electron chi connectivity index (χ4n) is 2.94. The molecule has 0 saturated heterocycles. The lowest BCUT2D eigenvalue weighted by molar-refractivity contribution is 0.380. The monoisotopic (exact) mass is 391 g/mol. The van der Waals surface area contributed by atoms with Crippen molar-refractivity contribution >= 4 is 11.5 Å². The second kappa shape index (κ2) is 9.01. The maximum Gasteiger partial charge on any atom is 0.299 e. The van der Waals surface area contributed by atoms with Gasteiger partial charge in [0.05, 0.1) is 6.54 Å². The number of likely N-dealkylation sites (N-methyl/N-ethyl adjacent to an activating group) is 1. The number of aromatic nitrogens is 2. The molecule has 0 aliphatic carbocycles. The van der Waals surface area contributed by atoms with E-state index in [1.807, 2.05) is 19.2 Å². The van der Waals surface area contributed by atoms with Gasteiger partial charge in [-0.3, -0.25) is 4.90 Å². The van der Waals surface area contributed by atoms with Gasteiger partial charge in [-0.05, 0) is 57.0 Å². The minimum atomic E-state index is 0.555. The molecule has 3 rings (SSSR count). The number of nitrogens with zero attached hydrogens (tertiary/aromatic N) is 3. The lowest BCUT2D eigenvalue weighted by atomic mass is 10.0. The van der Waals surface area contributed by atoms with Crippen LogP contribution in [0.3, 0.4) is 0 Å². The molecule has 3 aromatic rings. The van der Waals surface area contributed by atoms with Crippen molar-refractivity contribution in [1.29, 1.82) is 0 Å². The summed E-state index contributed by atoms with van der Waals surface area (Å²) < 4.78 is 10.5. The predicted molar refractivity (Wildman–Crippen MR) is 116 cm³/mol. The van der Waals surface area contributed by atoms with Gasteiger partial charge in [-0.25, -0.2) is 0 Å². The van der Waals surface area contributed by atoms with E-state index in [1.165, 1.54) is 28.2 Å². The molecule has 0 bridgehead atoms. The summed E-state index contributed by atoms with van der Waals surface area (Å²) in [5, 5.41) is 0.555. The maximum absolute atomic E-state index is 6.04. The SMILES string of the molecule is C#CCN(C)CCc1cc(C)c(Oc2nc(-c3ccc(C)cc3)ns2)cc1C. The molecule has 4 nitrogen and oxygen atoms in total. The van der Waals surface area contributed by atoms with Crippen molar-refractivity contribution in [3.8, 4) is 34.7 Å². The fourth-order valence-corrected chi connectivity index (χ4v) is 3.51. The van der Waals surface area contributed by atoms with Crippen LogP contribution in [-0.4, -0.2) is 34.4 Å². The summed E-state index contributed by atoms with van der Waals surface area (Å²) in [4.78, 5) is 6.68. The summed E-state index contributed by atoms with van der Waals surface area (Å²) in [5.74, 6) is 4.20. The molecule has 28 heavy (non-hydrogen) atoms. The summed E-state index contributed by atoms with van der Waals surface area (Å²) in [6.07, 6.45) is 6.33. The van der Waals surface area contributed by atoms with E-state index < -0.39 is 0 Å². The van der Waals surface area contributed by atoms with Crippen LogP contribution in [0.1, 0.15) is 22.3 Å². The third-order valence-corrected chi connectivity index (χ3v) is 5.27. The van der Waals surface area contributed by atoms with Crippen molar-refractivity contribution in [2.45, 2.75) is 27.2 Å². The standard InChI is InChI=1S/C23H25N3OS/c1-6-12-26(5)13-11-20-14-18(4)21(15-17(20)3)27-23-24-22(25-28-23)19-9-7-16(2)8-10-19/h1,7-10,14-15H,11-13H2,2-5H3. The second-order valence-electron chi connectivity index (χ2n) is 7.09. The Labute approximate surface area is 171 Å². The molecular formula is C23H25N3OS. The zero-order chi connectivity index (χ0) is 20.1. The van der Waals surface area contributed by atoms with Crippen molar-refractivity contribution < 1.29 is 4.74 Å². The van der Waals surface area contributed by atoms with Crippen LogP contribution in [0.4, 0.5) is 0 Å². The summed E-state index contributed by atoms with van der Waals surface area (Å²) in [7, 11) is 2.04. The third kappa shape index (κ3) is 4.98. The predicted octanol–water partition coefficient (Wildman–Crippen LogP) is 5.03. The fraction of sp³-hybridized carbons (Fsp3) is 0.304. The van der Waals surface area contributed by atoms with E-state index in [4.69, 9.17) is 11.2 Å². The van der Waals surface area contributed by atoms with Gasteiger partial charge in [0.25, 0.3) is 5.19 Å². The molecule has 0 radical (unpaired) electrons. The summed E-state index contributed by atoms with van der Waals surface area (Å²) in [5.41, 5.74) is 5.82. The largest absolute Gasteiger partial charge is 0.430 e. The molecule has 0 atom stereocenters. The van der Waals surface area contributed by atoms with Gasteiger partial charge in [0.2, 0.25) is 0 Å². The van der Waals surface area contributed by atoms with Gasteiger partial charge in [-0.1, -0.05) is 41.8 Å². The molecule has 0 fully saturated rings. The molecule has 2 aromatic carbocycles. The van der Waals surface area contributed by atoms with Gasteiger partial charge < -0.3 is 4.74 Å². The van der Waals surface area contributed by atoms with Crippen LogP contribution in [0.5, 0.6) is 10.9 Å². The van der Waals surface area contributed by atoms with Gasteiger partial charge in [0.15, 0.2) is 5.82 Å². The lowest BCUT2D eigenvalue weighted by Gasteiger charge is -2.16. The number of hydrogen-bond donors (Lipinski definition) is 0. The molecule has 1 heterocycles. The minimum Gasteiger partial charge on any atom is -0.430 e. The second-order valence-corrected chi connectivity index (χ2v) is 7.80. The Morgan fingerprint density at radius 3 is 2.57 bits per heavy atom. The first kappa shape index (κ1) is 20.1. The molecule has 1 aromatic heterocycles. The summed E-state index contributed by atoms with van der Waals surface area (Å²) >= 11 is 1.27. The van der Waals surface area contributed by atoms with E-state index in [2.05, 4.69) is 65.2 Å². The quantitative estimate of drug-likeness (QED) is 0.530. The molecule has 0 saturated carbocycles. The van der Waals surface area contributed by atoms with Crippen LogP contribution in [0, 0.1) is 33.1 Å². The van der Waals surface area contributed by atoms with E-state index in [0.717, 1.165) is 29.8 Å². The van der Waals surface area contributed by atoms with Crippen molar-refractivity contribution in [3.63, 3.8) is 0 Å². The third-order valence-electron chi connectivity index (χ3n) is 4.67. The number of ether oxygens (including phenoxy) is 1. The first-order valence-electron chi connectivity index (χ1n) is 9.27. The highest BCUT2D eigenvalue weighted by molar-refractivity contribution is 7.07. The Balaban J connectivity index is 1.72. The molecule has 0 spiro atoms. The summed E-state index contributed by atoms with van der Waals surface area (Å²) in [6.45, 7) is 7.83. The van der Waals surface area contributed by atoms with Crippen LogP contribution in [0.2, 0.25) is 0 Å². The van der Waals surface area contributed by atoms with Gasteiger partial charge >= 0.3 is 0 Å². The molecule has 0 amide bonds. The first-order valence-corrected chi connectivity index (χ1v) is 10.0. The molecule has 0 aliphatic heterocycles. The smallest absolute Gasteiger partial charge is 0.299 e. The molecule has 0 N–H and O–H groups in total. The zero-order valence-electron chi connectivity index (χ0n) is 16.8. The Kier molecular flexibility index (Phi) is 6.45. The highest BCUT2D eigenvalue weighted by Crippen LogP contribution is 2.31. The topological polar surface area (TPSA) is 38.2 Å². The number of terminal acetylenes is 1. The van der Waals surface area contributed by atoms with Gasteiger partial charge in [0, 0.05) is 23.6 Å². The molecular weight excluding hydrogens is 366 g/mol. The van der Waals surface area contributed by atoms with E-state index in [0.29, 0.717) is 17.6 Å². The molecule has 0 unspecified atom stereocenters. The molecule has 0 aliphatic rings. The minimum absolute atomic E-state index is 0.555. The van der Waals surface area contributed by atoms with Crippen molar-refractivity contribution in [1.82, 2.24) is 14.3 Å². The normalized spacial score (nSPS) is 10.9. The van der Waals surface area contributed by atoms with Gasteiger partial charge in [-0.15, -0.1) is 6.42 Å². The number of aryl methyl sites for hydroxylation is 3. The van der Waals surface area contributed by atoms with E-state index in [1.54, 1.807) is 0 Å². The number of rotatable bonds is 7. The van der Waals surface area contributed by atoms with Crippen molar-refractivity contribution in [3.05, 3.63) is 58.7 Å². The Bertz CT molecular complexity index is 986. The highest BCUT2D eigenvalue weighted by Gasteiger charge is 2.12. The van der Waals surface area contributed by atoms with Crippen molar-refractivity contribution in [2.75, 3.05) is 20.1 Å². The van der Waals surface area contributed by atoms with Crippen LogP contribution in [0.15, 0.2) is 36.4 Å². The van der Waals surface area contributed by atoms with Crippen LogP contribution in [0.25, 0.3) is 11.4 Å². The van der Waals surface area contributed by atoms with Gasteiger partial charge in [0.1, 0.15) is 5.75 Å². The summed E-state index contributed by atoms with van der Waals surface area (Å²) in [6, 6.07) is 12.5. The maximum atomic E-state index is 6.04. The van der Waals surface area contributed by atoms with Crippen LogP contribution >= 0.6 is 11.5 Å². The van der Waals surface area contributed by atoms with Crippen molar-refractivity contribution in [2.24, 2.45) is 0 Å². The average Bonchev–Trinajstić information content (AvgIpc) is 3.12. The Hall–Kier alpha value is -2.68. The first-order chi connectivity index (χ1) is 13.5. The number of benzene rings is 2. The van der Waals surface area contributed by atoms with Gasteiger partial charge in [-0.2, -0.15) is 9.36 Å². The molecule has 144 valence electrons. The Morgan fingerprint density at radius 2 is 1.86 bits per heavy atom.